The van der Waals surface area contributed by atoms with Gasteiger partial charge in [0, 0.05) is 22.9 Å². The average Bonchev–Trinajstić information content (AvgIpc) is 3.14. The van der Waals surface area contributed by atoms with Crippen LogP contribution in [0.5, 0.6) is 0 Å². The van der Waals surface area contributed by atoms with Gasteiger partial charge in [0.2, 0.25) is 5.91 Å². The Morgan fingerprint density at radius 3 is 2.67 bits per heavy atom. The molecular weight excluding hydrogens is 358 g/mol. The van der Waals surface area contributed by atoms with Gasteiger partial charge in [-0.25, -0.2) is 9.36 Å². The molecule has 0 spiro atoms. The number of thioether (sulfide) groups is 1. The molecule has 0 saturated heterocycles. The summed E-state index contributed by atoms with van der Waals surface area (Å²) < 4.78 is 3.87. The minimum absolute atomic E-state index is 0.0110. The number of rotatable bonds is 3. The van der Waals surface area contributed by atoms with Crippen molar-refractivity contribution in [3.05, 3.63) is 59.0 Å². The van der Waals surface area contributed by atoms with E-state index in [2.05, 4.69) is 43.3 Å². The Morgan fingerprint density at radius 2 is 1.96 bits per heavy atom. The van der Waals surface area contributed by atoms with Crippen LogP contribution in [-0.4, -0.2) is 31.2 Å². The van der Waals surface area contributed by atoms with Crippen molar-refractivity contribution in [1.82, 2.24) is 19.6 Å². The second-order valence-electron chi connectivity index (χ2n) is 7.06. The minimum atomic E-state index is 0.0110. The van der Waals surface area contributed by atoms with Crippen molar-refractivity contribution in [2.24, 2.45) is 0 Å². The Hall–Kier alpha value is -2.54. The topological polar surface area (TPSA) is 64.7 Å². The van der Waals surface area contributed by atoms with Crippen molar-refractivity contribution < 1.29 is 4.79 Å². The van der Waals surface area contributed by atoms with Gasteiger partial charge in [-0.15, -0.1) is 11.8 Å². The van der Waals surface area contributed by atoms with Crippen molar-refractivity contribution >= 4 is 23.5 Å². The third-order valence-corrected chi connectivity index (χ3v) is 6.10. The molecule has 27 heavy (non-hydrogen) atoms. The number of hydrogen-bond acceptors (Lipinski definition) is 4. The highest BCUT2D eigenvalue weighted by Gasteiger charge is 2.32. The summed E-state index contributed by atoms with van der Waals surface area (Å²) in [4.78, 5) is 12.3. The van der Waals surface area contributed by atoms with Gasteiger partial charge in [0.1, 0.15) is 5.82 Å². The van der Waals surface area contributed by atoms with Crippen molar-refractivity contribution in [3.63, 3.8) is 0 Å². The van der Waals surface area contributed by atoms with Crippen LogP contribution in [0.2, 0.25) is 0 Å². The van der Waals surface area contributed by atoms with Gasteiger partial charge < -0.3 is 5.32 Å². The number of carbonyl (C=O) groups is 1. The zero-order valence-corrected chi connectivity index (χ0v) is 16.7. The molecule has 0 radical (unpaired) electrons. The second-order valence-corrected chi connectivity index (χ2v) is 8.15. The third kappa shape index (κ3) is 3.06. The Bertz CT molecular complexity index is 989. The summed E-state index contributed by atoms with van der Waals surface area (Å²) in [5, 5.41) is 12.4. The standard InChI is InChI=1S/C20H23N5OS/c1-12(2)24-20-16(10-21-24)19(27-11-17(26)22-20)18-13(3)23-25(14(18)4)15-8-6-5-7-9-15/h5-10,12,19H,11H2,1-4H3,(H,22,26). The molecule has 3 heterocycles. The van der Waals surface area contributed by atoms with E-state index < -0.39 is 0 Å². The van der Waals surface area contributed by atoms with Crippen molar-refractivity contribution in [3.8, 4) is 5.69 Å². The maximum Gasteiger partial charge on any atom is 0.235 e. The van der Waals surface area contributed by atoms with E-state index in [1.165, 1.54) is 0 Å². The maximum atomic E-state index is 12.3. The molecular formula is C20H23N5OS. The number of carbonyl (C=O) groups excluding carboxylic acids is 1. The van der Waals surface area contributed by atoms with Gasteiger partial charge in [-0.3, -0.25) is 4.79 Å². The lowest BCUT2D eigenvalue weighted by molar-refractivity contribution is -0.113. The highest BCUT2D eigenvalue weighted by Crippen LogP contribution is 2.44. The number of para-hydroxylation sites is 1. The number of anilines is 1. The Kier molecular flexibility index (Phi) is 4.55. The smallest absolute Gasteiger partial charge is 0.235 e. The SMILES string of the molecule is Cc1nn(-c2ccccc2)c(C)c1C1SCC(=O)Nc2c1cnn2C(C)C. The molecule has 1 aliphatic heterocycles. The molecule has 1 unspecified atom stereocenters. The number of nitrogens with one attached hydrogen (secondary N) is 1. The first-order valence-corrected chi connectivity index (χ1v) is 10.1. The summed E-state index contributed by atoms with van der Waals surface area (Å²) in [6.45, 7) is 8.26. The van der Waals surface area contributed by atoms with Crippen molar-refractivity contribution in [2.45, 2.75) is 39.0 Å². The van der Waals surface area contributed by atoms with E-state index in [0.29, 0.717) is 5.75 Å². The van der Waals surface area contributed by atoms with Crippen LogP contribution in [0.1, 0.15) is 47.7 Å². The molecule has 0 bridgehead atoms. The quantitative estimate of drug-likeness (QED) is 0.744. The molecule has 7 heteroatoms. The summed E-state index contributed by atoms with van der Waals surface area (Å²) in [6.07, 6.45) is 1.89. The van der Waals surface area contributed by atoms with E-state index in [-0.39, 0.29) is 17.2 Å². The first-order chi connectivity index (χ1) is 13.0. The summed E-state index contributed by atoms with van der Waals surface area (Å²) >= 11 is 1.63. The normalized spacial score (nSPS) is 16.9. The summed E-state index contributed by atoms with van der Waals surface area (Å²) in [5.74, 6) is 1.22. The van der Waals surface area contributed by atoms with Gasteiger partial charge in [-0.05, 0) is 39.8 Å². The largest absolute Gasteiger partial charge is 0.310 e. The van der Waals surface area contributed by atoms with Crippen LogP contribution in [0, 0.1) is 13.8 Å². The summed E-state index contributed by atoms with van der Waals surface area (Å²) in [6, 6.07) is 10.3. The molecule has 1 aromatic carbocycles. The number of amides is 1. The molecule has 0 fully saturated rings. The maximum absolute atomic E-state index is 12.3. The van der Waals surface area contributed by atoms with Gasteiger partial charge in [0.15, 0.2) is 0 Å². The van der Waals surface area contributed by atoms with Crippen LogP contribution in [0.25, 0.3) is 5.69 Å². The van der Waals surface area contributed by atoms with Gasteiger partial charge in [-0.1, -0.05) is 18.2 Å². The van der Waals surface area contributed by atoms with E-state index in [1.54, 1.807) is 11.8 Å². The van der Waals surface area contributed by atoms with Gasteiger partial charge in [0.05, 0.1) is 28.6 Å². The first-order valence-electron chi connectivity index (χ1n) is 9.07. The molecule has 140 valence electrons. The van der Waals surface area contributed by atoms with Gasteiger partial charge in [0.25, 0.3) is 0 Å². The van der Waals surface area contributed by atoms with Crippen LogP contribution in [0.3, 0.4) is 0 Å². The van der Waals surface area contributed by atoms with Gasteiger partial charge >= 0.3 is 0 Å². The van der Waals surface area contributed by atoms with Crippen LogP contribution < -0.4 is 5.32 Å². The van der Waals surface area contributed by atoms with Gasteiger partial charge in [-0.2, -0.15) is 10.2 Å². The third-order valence-electron chi connectivity index (χ3n) is 4.84. The molecule has 1 amide bonds. The molecule has 1 N–H and O–H groups in total. The molecule has 0 aliphatic carbocycles. The number of benzene rings is 1. The first kappa shape index (κ1) is 17.9. The lowest BCUT2D eigenvalue weighted by Crippen LogP contribution is -2.17. The van der Waals surface area contributed by atoms with E-state index in [9.17, 15) is 4.79 Å². The lowest BCUT2D eigenvalue weighted by atomic mass is 10.0. The highest BCUT2D eigenvalue weighted by molar-refractivity contribution is 8.00. The molecule has 1 aliphatic rings. The van der Waals surface area contributed by atoms with Crippen LogP contribution in [0.15, 0.2) is 36.5 Å². The zero-order valence-electron chi connectivity index (χ0n) is 15.9. The van der Waals surface area contributed by atoms with Crippen LogP contribution in [-0.2, 0) is 4.79 Å². The van der Waals surface area contributed by atoms with E-state index >= 15 is 0 Å². The molecule has 4 rings (SSSR count). The number of aromatic nitrogens is 4. The van der Waals surface area contributed by atoms with E-state index in [4.69, 9.17) is 5.10 Å². The monoisotopic (exact) mass is 381 g/mol. The number of nitrogens with zero attached hydrogens (tertiary/aromatic N) is 4. The second kappa shape index (κ2) is 6.88. The predicted octanol–water partition coefficient (Wildman–Crippen LogP) is 4.04. The fourth-order valence-corrected chi connectivity index (χ4v) is 4.85. The van der Waals surface area contributed by atoms with Crippen molar-refractivity contribution in [2.75, 3.05) is 11.1 Å². The number of fused-ring (bicyclic) bond motifs is 1. The Labute approximate surface area is 163 Å². The molecule has 3 aromatic rings. The minimum Gasteiger partial charge on any atom is -0.310 e. The summed E-state index contributed by atoms with van der Waals surface area (Å²) in [7, 11) is 0. The summed E-state index contributed by atoms with van der Waals surface area (Å²) in [5.41, 5.74) is 5.30. The molecule has 6 nitrogen and oxygen atoms in total. The Morgan fingerprint density at radius 1 is 1.22 bits per heavy atom. The number of aryl methyl sites for hydroxylation is 1. The highest BCUT2D eigenvalue weighted by atomic mass is 32.2. The number of hydrogen-bond donors (Lipinski definition) is 1. The fourth-order valence-electron chi connectivity index (χ4n) is 3.60. The van der Waals surface area contributed by atoms with E-state index in [0.717, 1.165) is 34.0 Å². The molecule has 1 atom stereocenters. The van der Waals surface area contributed by atoms with E-state index in [1.807, 2.05) is 40.7 Å². The Balaban J connectivity index is 1.85. The predicted molar refractivity (Wildman–Crippen MR) is 109 cm³/mol. The molecule has 2 aromatic heterocycles. The zero-order chi connectivity index (χ0) is 19.1. The fraction of sp³-hybridized carbons (Fsp3) is 0.350. The lowest BCUT2D eigenvalue weighted by Gasteiger charge is -2.16. The van der Waals surface area contributed by atoms with Crippen molar-refractivity contribution in [1.29, 1.82) is 0 Å². The average molecular weight is 382 g/mol. The van der Waals surface area contributed by atoms with Crippen LogP contribution >= 0.6 is 11.8 Å². The van der Waals surface area contributed by atoms with Crippen LogP contribution in [0.4, 0.5) is 5.82 Å². The molecule has 0 saturated carbocycles.